The van der Waals surface area contributed by atoms with Crippen LogP contribution in [0.5, 0.6) is 0 Å². The molecule has 0 saturated carbocycles. The zero-order valence-corrected chi connectivity index (χ0v) is 39.5. The highest BCUT2D eigenvalue weighted by molar-refractivity contribution is 6.17. The molecule has 0 spiro atoms. The van der Waals surface area contributed by atoms with Crippen LogP contribution in [0.25, 0.3) is 111 Å². The van der Waals surface area contributed by atoms with E-state index < -0.39 is 0 Å². The van der Waals surface area contributed by atoms with Gasteiger partial charge < -0.3 is 9.32 Å². The number of fused-ring (bicyclic) bond motifs is 4. The first-order chi connectivity index (χ1) is 35.7. The Kier molecular flexibility index (Phi) is 10.9. The Labute approximate surface area is 420 Å². The van der Waals surface area contributed by atoms with Gasteiger partial charge in [-0.1, -0.05) is 237 Å². The summed E-state index contributed by atoms with van der Waals surface area (Å²) in [7, 11) is 0. The fourth-order valence-corrected chi connectivity index (χ4v) is 10.7. The molecule has 72 heavy (non-hydrogen) atoms. The number of anilines is 3. The number of hydrogen-bond acceptors (Lipinski definition) is 2. The van der Waals surface area contributed by atoms with Crippen molar-refractivity contribution >= 4 is 49.8 Å². The monoisotopic (exact) mass is 917 g/mol. The quantitative estimate of drug-likeness (QED) is 0.136. The lowest BCUT2D eigenvalue weighted by molar-refractivity contribution is 0.670. The zero-order valence-electron chi connectivity index (χ0n) is 39.5. The van der Waals surface area contributed by atoms with E-state index in [1.807, 2.05) is 0 Å². The fourth-order valence-electron chi connectivity index (χ4n) is 10.7. The average Bonchev–Trinajstić information content (AvgIpc) is 3.86. The molecule has 2 heteroatoms. The Morgan fingerprint density at radius 2 is 0.750 bits per heavy atom. The van der Waals surface area contributed by atoms with E-state index in [0.29, 0.717) is 0 Å². The van der Waals surface area contributed by atoms with Crippen molar-refractivity contribution in [3.8, 4) is 77.9 Å². The van der Waals surface area contributed by atoms with E-state index in [-0.39, 0.29) is 0 Å². The topological polar surface area (TPSA) is 16.4 Å². The Bertz CT molecular complexity index is 4060. The van der Waals surface area contributed by atoms with Gasteiger partial charge in [0.05, 0.1) is 11.1 Å². The second kappa shape index (κ2) is 18.4. The largest absolute Gasteiger partial charge is 0.455 e. The number of hydrogen-bond donors (Lipinski definition) is 0. The molecular formula is C70H47NO. The second-order valence-electron chi connectivity index (χ2n) is 18.3. The molecule has 2 nitrogen and oxygen atoms in total. The molecule has 0 amide bonds. The van der Waals surface area contributed by atoms with Crippen LogP contribution in [-0.4, -0.2) is 0 Å². The van der Waals surface area contributed by atoms with E-state index >= 15 is 0 Å². The van der Waals surface area contributed by atoms with Gasteiger partial charge in [-0.3, -0.25) is 0 Å². The number of rotatable bonds is 10. The van der Waals surface area contributed by atoms with E-state index in [4.69, 9.17) is 4.42 Å². The van der Waals surface area contributed by atoms with Crippen LogP contribution in [0.3, 0.4) is 0 Å². The third-order valence-electron chi connectivity index (χ3n) is 14.1. The Morgan fingerprint density at radius 3 is 1.49 bits per heavy atom. The van der Waals surface area contributed by atoms with Crippen molar-refractivity contribution in [3.05, 3.63) is 285 Å². The van der Waals surface area contributed by atoms with E-state index in [0.717, 1.165) is 61.3 Å². The lowest BCUT2D eigenvalue weighted by Crippen LogP contribution is -2.10. The molecule has 338 valence electrons. The van der Waals surface area contributed by atoms with Crippen LogP contribution in [0, 0.1) is 0 Å². The van der Waals surface area contributed by atoms with E-state index in [2.05, 4.69) is 290 Å². The molecule has 0 fully saturated rings. The van der Waals surface area contributed by atoms with Crippen LogP contribution in [0.2, 0.25) is 0 Å². The van der Waals surface area contributed by atoms with Crippen molar-refractivity contribution in [1.29, 1.82) is 0 Å². The molecule has 0 unspecified atom stereocenters. The predicted molar refractivity (Wildman–Crippen MR) is 304 cm³/mol. The minimum atomic E-state index is 0.858. The Balaban J connectivity index is 0.950. The molecule has 0 radical (unpaired) electrons. The van der Waals surface area contributed by atoms with Crippen LogP contribution in [0.1, 0.15) is 0 Å². The number of para-hydroxylation sites is 1. The summed E-state index contributed by atoms with van der Waals surface area (Å²) < 4.78 is 6.84. The highest BCUT2D eigenvalue weighted by Crippen LogP contribution is 2.48. The van der Waals surface area contributed by atoms with Crippen LogP contribution < -0.4 is 4.90 Å². The Morgan fingerprint density at radius 1 is 0.264 bits per heavy atom. The van der Waals surface area contributed by atoms with Crippen molar-refractivity contribution in [3.63, 3.8) is 0 Å². The van der Waals surface area contributed by atoms with Gasteiger partial charge in [0.2, 0.25) is 0 Å². The number of benzene rings is 12. The highest BCUT2D eigenvalue weighted by Gasteiger charge is 2.23. The molecule has 12 aromatic carbocycles. The third kappa shape index (κ3) is 7.73. The average molecular weight is 918 g/mol. The minimum absolute atomic E-state index is 0.858. The standard InChI is InChI=1S/C70H47NO/c1-4-19-50(20-5-1)61-34-18-35-64(68(61)53-24-8-3-9-25-53)63-31-13-12-30-59(63)52-39-43-57(44-40-52)71(66-46-45-62(51-21-6-2-7-22-51)70-69(66)65-32-14-15-36-67(65)72-70)56-41-37-48(38-42-56)54-27-16-28-55(47-54)60-33-17-26-49-23-10-11-29-58(49)60/h1-47H. The predicted octanol–water partition coefficient (Wildman–Crippen LogP) is 19.9. The molecule has 13 aromatic rings. The fraction of sp³-hybridized carbons (Fsp3) is 0. The number of furan rings is 1. The summed E-state index contributed by atoms with van der Waals surface area (Å²) in [6.07, 6.45) is 0. The van der Waals surface area contributed by atoms with Gasteiger partial charge in [-0.2, -0.15) is 0 Å². The summed E-state index contributed by atoms with van der Waals surface area (Å²) >= 11 is 0. The second-order valence-corrected chi connectivity index (χ2v) is 18.3. The summed E-state index contributed by atoms with van der Waals surface area (Å²) in [6.45, 7) is 0. The first-order valence-electron chi connectivity index (χ1n) is 24.7. The normalized spacial score (nSPS) is 11.3. The van der Waals surface area contributed by atoms with Gasteiger partial charge in [-0.15, -0.1) is 0 Å². The summed E-state index contributed by atoms with van der Waals surface area (Å²) in [6, 6.07) is 103. The molecule has 13 rings (SSSR count). The molecule has 0 aliphatic carbocycles. The van der Waals surface area contributed by atoms with Crippen LogP contribution in [-0.2, 0) is 0 Å². The summed E-state index contributed by atoms with van der Waals surface area (Å²) in [4.78, 5) is 2.39. The van der Waals surface area contributed by atoms with Gasteiger partial charge >= 0.3 is 0 Å². The highest BCUT2D eigenvalue weighted by atomic mass is 16.3. The number of nitrogens with zero attached hydrogens (tertiary/aromatic N) is 1. The van der Waals surface area contributed by atoms with Crippen molar-refractivity contribution in [2.45, 2.75) is 0 Å². The third-order valence-corrected chi connectivity index (χ3v) is 14.1. The summed E-state index contributed by atoms with van der Waals surface area (Å²) in [5.41, 5.74) is 21.3. The van der Waals surface area contributed by atoms with Crippen molar-refractivity contribution < 1.29 is 4.42 Å². The maximum absolute atomic E-state index is 6.84. The van der Waals surface area contributed by atoms with Crippen molar-refractivity contribution in [2.24, 2.45) is 0 Å². The van der Waals surface area contributed by atoms with Gasteiger partial charge in [0.1, 0.15) is 11.2 Å². The van der Waals surface area contributed by atoms with Gasteiger partial charge in [-0.05, 0) is 132 Å². The van der Waals surface area contributed by atoms with Crippen LogP contribution in [0.15, 0.2) is 290 Å². The van der Waals surface area contributed by atoms with E-state index in [1.165, 1.54) is 66.4 Å². The molecule has 1 heterocycles. The molecule has 0 atom stereocenters. The molecule has 0 aliphatic rings. The minimum Gasteiger partial charge on any atom is -0.455 e. The van der Waals surface area contributed by atoms with Gasteiger partial charge in [-0.25, -0.2) is 0 Å². The molecule has 0 bridgehead atoms. The van der Waals surface area contributed by atoms with Crippen molar-refractivity contribution in [1.82, 2.24) is 0 Å². The van der Waals surface area contributed by atoms with E-state index in [1.54, 1.807) is 0 Å². The summed E-state index contributed by atoms with van der Waals surface area (Å²) in [5.74, 6) is 0. The SMILES string of the molecule is c1ccc(-c2cccc(-c3ccccc3-c3ccc(N(c4ccc(-c5cccc(-c6cccc7ccccc67)c5)cc4)c4ccc(-c5ccccc5)c5oc6ccccc6c45)cc3)c2-c2ccccc2)cc1. The van der Waals surface area contributed by atoms with Crippen molar-refractivity contribution in [2.75, 3.05) is 4.90 Å². The van der Waals surface area contributed by atoms with Crippen LogP contribution >= 0.6 is 0 Å². The van der Waals surface area contributed by atoms with Crippen LogP contribution in [0.4, 0.5) is 17.1 Å². The maximum Gasteiger partial charge on any atom is 0.145 e. The Hall–Kier alpha value is -9.50. The van der Waals surface area contributed by atoms with Gasteiger partial charge in [0.15, 0.2) is 0 Å². The first kappa shape index (κ1) is 42.6. The lowest BCUT2D eigenvalue weighted by atomic mass is 9.85. The lowest BCUT2D eigenvalue weighted by Gasteiger charge is -2.27. The van der Waals surface area contributed by atoms with Gasteiger partial charge in [0.25, 0.3) is 0 Å². The molecule has 0 saturated heterocycles. The molecule has 0 N–H and O–H groups in total. The van der Waals surface area contributed by atoms with Gasteiger partial charge in [0, 0.05) is 22.3 Å². The smallest absolute Gasteiger partial charge is 0.145 e. The van der Waals surface area contributed by atoms with E-state index in [9.17, 15) is 0 Å². The zero-order chi connectivity index (χ0) is 47.8. The molecule has 1 aromatic heterocycles. The first-order valence-corrected chi connectivity index (χ1v) is 24.7. The summed E-state index contributed by atoms with van der Waals surface area (Å²) in [5, 5.41) is 4.64. The molecule has 0 aliphatic heterocycles. The molecular weight excluding hydrogens is 871 g/mol. The maximum atomic E-state index is 6.84.